The Balaban J connectivity index is 0.000000186. The van der Waals surface area contributed by atoms with Gasteiger partial charge in [-0.3, -0.25) is 0 Å². The van der Waals surface area contributed by atoms with Gasteiger partial charge in [-0.05, 0) is 38.1 Å². The van der Waals surface area contributed by atoms with Crippen LogP contribution in [0.4, 0.5) is 0 Å². The lowest BCUT2D eigenvalue weighted by Gasteiger charge is -1.96. The Labute approximate surface area is 188 Å². The third-order valence-corrected chi connectivity index (χ3v) is 6.13. The van der Waals surface area contributed by atoms with Gasteiger partial charge >= 0.3 is 11.9 Å². The molecule has 0 aliphatic carbocycles. The SMILES string of the molecule is COC(=O)c1oc2ccc(S(=O)(=O)Cl)cc2c1C.COC(=O)c1oc2ccccc2c1C. The summed E-state index contributed by atoms with van der Waals surface area (Å²) in [6.45, 7) is 3.49. The molecule has 0 saturated heterocycles. The summed E-state index contributed by atoms with van der Waals surface area (Å²) in [6, 6.07) is 11.6. The molecular weight excluding hydrogens is 460 g/mol. The standard InChI is InChI=1S/C11H9ClO5S.C11H10O3/c1-6-8-5-7(18(12,14)15)3-4-9(8)17-10(6)11(13)16-2;1-7-8-5-3-4-6-9(8)14-10(7)11(12)13-2/h3-5H,1-2H3;3-6H,1-2H3. The molecule has 4 aromatic rings. The zero-order chi connectivity index (χ0) is 23.6. The van der Waals surface area contributed by atoms with Crippen molar-refractivity contribution in [3.63, 3.8) is 0 Å². The van der Waals surface area contributed by atoms with Gasteiger partial charge in [-0.1, -0.05) is 18.2 Å². The lowest BCUT2D eigenvalue weighted by atomic mass is 10.1. The van der Waals surface area contributed by atoms with Crippen molar-refractivity contribution in [1.82, 2.24) is 0 Å². The van der Waals surface area contributed by atoms with Crippen LogP contribution >= 0.6 is 10.7 Å². The van der Waals surface area contributed by atoms with Crippen LogP contribution in [0.5, 0.6) is 0 Å². The van der Waals surface area contributed by atoms with E-state index >= 15 is 0 Å². The predicted octanol–water partition coefficient (Wildman–Crippen LogP) is 4.98. The molecule has 0 aliphatic heterocycles. The lowest BCUT2D eigenvalue weighted by molar-refractivity contribution is 0.0558. The molecule has 0 aliphatic rings. The fraction of sp³-hybridized carbons (Fsp3) is 0.182. The summed E-state index contributed by atoms with van der Waals surface area (Å²) in [6.07, 6.45) is 0. The van der Waals surface area contributed by atoms with Crippen LogP contribution in [-0.2, 0) is 18.5 Å². The molecule has 2 aromatic heterocycles. The van der Waals surface area contributed by atoms with E-state index in [0.717, 1.165) is 10.9 Å². The molecule has 2 heterocycles. The Kier molecular flexibility index (Phi) is 6.61. The molecular formula is C22H19ClO8S. The molecule has 168 valence electrons. The van der Waals surface area contributed by atoms with E-state index in [-0.39, 0.29) is 16.4 Å². The smallest absolute Gasteiger partial charge is 0.374 e. The van der Waals surface area contributed by atoms with Crippen molar-refractivity contribution < 1.29 is 36.3 Å². The van der Waals surface area contributed by atoms with Gasteiger partial charge in [-0.15, -0.1) is 0 Å². The van der Waals surface area contributed by atoms with Crippen LogP contribution in [0.15, 0.2) is 56.2 Å². The van der Waals surface area contributed by atoms with Gasteiger partial charge in [0.2, 0.25) is 11.5 Å². The normalized spacial score (nSPS) is 11.2. The quantitative estimate of drug-likeness (QED) is 0.299. The molecule has 0 atom stereocenters. The number of hydrogen-bond donors (Lipinski definition) is 0. The van der Waals surface area contributed by atoms with Crippen LogP contribution < -0.4 is 0 Å². The molecule has 10 heteroatoms. The number of esters is 2. The Hall–Kier alpha value is -3.30. The van der Waals surface area contributed by atoms with Gasteiger partial charge in [0.05, 0.1) is 19.1 Å². The third-order valence-electron chi connectivity index (χ3n) is 4.77. The fourth-order valence-electron chi connectivity index (χ4n) is 3.10. The van der Waals surface area contributed by atoms with Gasteiger partial charge in [0.15, 0.2) is 0 Å². The predicted molar refractivity (Wildman–Crippen MR) is 118 cm³/mol. The van der Waals surface area contributed by atoms with Crippen molar-refractivity contribution in [3.05, 3.63) is 65.1 Å². The highest BCUT2D eigenvalue weighted by Crippen LogP contribution is 2.29. The van der Waals surface area contributed by atoms with E-state index in [4.69, 9.17) is 19.5 Å². The molecule has 0 fully saturated rings. The zero-order valence-electron chi connectivity index (χ0n) is 17.6. The highest BCUT2D eigenvalue weighted by molar-refractivity contribution is 8.13. The number of aryl methyl sites for hydroxylation is 2. The summed E-state index contributed by atoms with van der Waals surface area (Å²) in [5.41, 5.74) is 2.45. The number of methoxy groups -OCH3 is 2. The highest BCUT2D eigenvalue weighted by Gasteiger charge is 2.20. The van der Waals surface area contributed by atoms with Gasteiger partial charge in [-0.2, -0.15) is 0 Å². The summed E-state index contributed by atoms with van der Waals surface area (Å²) in [4.78, 5) is 22.7. The van der Waals surface area contributed by atoms with Crippen LogP contribution in [0.3, 0.4) is 0 Å². The topological polar surface area (TPSA) is 113 Å². The van der Waals surface area contributed by atoms with Crippen molar-refractivity contribution in [3.8, 4) is 0 Å². The fourth-order valence-corrected chi connectivity index (χ4v) is 3.88. The maximum absolute atomic E-state index is 11.4. The van der Waals surface area contributed by atoms with E-state index in [1.165, 1.54) is 32.4 Å². The zero-order valence-corrected chi connectivity index (χ0v) is 19.2. The average molecular weight is 479 g/mol. The van der Waals surface area contributed by atoms with E-state index in [2.05, 4.69) is 9.47 Å². The Bertz CT molecular complexity index is 1430. The Morgan fingerprint density at radius 1 is 0.812 bits per heavy atom. The van der Waals surface area contributed by atoms with Gasteiger partial charge in [0, 0.05) is 32.6 Å². The van der Waals surface area contributed by atoms with Crippen LogP contribution in [-0.4, -0.2) is 34.6 Å². The first-order valence-corrected chi connectivity index (χ1v) is 11.5. The van der Waals surface area contributed by atoms with E-state index in [0.29, 0.717) is 22.1 Å². The van der Waals surface area contributed by atoms with Gasteiger partial charge in [0.1, 0.15) is 11.2 Å². The molecule has 0 unspecified atom stereocenters. The highest BCUT2D eigenvalue weighted by atomic mass is 35.7. The second kappa shape index (κ2) is 9.05. The number of benzene rings is 2. The summed E-state index contributed by atoms with van der Waals surface area (Å²) in [7, 11) is 4.03. The maximum Gasteiger partial charge on any atom is 0.374 e. The van der Waals surface area contributed by atoms with Crippen molar-refractivity contribution in [2.24, 2.45) is 0 Å². The van der Waals surface area contributed by atoms with Crippen molar-refractivity contribution in [2.45, 2.75) is 18.7 Å². The number of ether oxygens (including phenoxy) is 2. The number of para-hydroxylation sites is 1. The summed E-state index contributed by atoms with van der Waals surface area (Å²) in [5, 5.41) is 1.46. The minimum atomic E-state index is -3.81. The van der Waals surface area contributed by atoms with Gasteiger partial charge < -0.3 is 18.3 Å². The molecule has 0 radical (unpaired) electrons. The van der Waals surface area contributed by atoms with Crippen LogP contribution in [0.25, 0.3) is 21.9 Å². The monoisotopic (exact) mass is 478 g/mol. The summed E-state index contributed by atoms with van der Waals surface area (Å²) < 4.78 is 42.3. The number of carbonyl (C=O) groups is 2. The van der Waals surface area contributed by atoms with Gasteiger partial charge in [0.25, 0.3) is 9.05 Å². The molecule has 0 N–H and O–H groups in total. The third kappa shape index (κ3) is 4.49. The number of rotatable bonds is 3. The van der Waals surface area contributed by atoms with Crippen molar-refractivity contribution >= 4 is 53.6 Å². The molecule has 0 bridgehead atoms. The molecule has 0 spiro atoms. The maximum atomic E-state index is 11.4. The summed E-state index contributed by atoms with van der Waals surface area (Å²) in [5.74, 6) is -0.706. The van der Waals surface area contributed by atoms with Crippen molar-refractivity contribution in [2.75, 3.05) is 14.2 Å². The lowest BCUT2D eigenvalue weighted by Crippen LogP contribution is -2.00. The second-order valence-corrected chi connectivity index (χ2v) is 9.25. The van der Waals surface area contributed by atoms with Gasteiger partial charge in [-0.25, -0.2) is 18.0 Å². The average Bonchev–Trinajstić information content (AvgIpc) is 3.29. The molecule has 32 heavy (non-hydrogen) atoms. The largest absolute Gasteiger partial charge is 0.463 e. The number of furan rings is 2. The van der Waals surface area contributed by atoms with E-state index in [1.807, 2.05) is 31.2 Å². The first-order chi connectivity index (χ1) is 15.1. The summed E-state index contributed by atoms with van der Waals surface area (Å²) >= 11 is 0. The molecule has 2 aromatic carbocycles. The molecule has 0 saturated carbocycles. The number of hydrogen-bond acceptors (Lipinski definition) is 8. The number of halogens is 1. The number of fused-ring (bicyclic) bond motifs is 2. The Morgan fingerprint density at radius 2 is 1.31 bits per heavy atom. The minimum Gasteiger partial charge on any atom is -0.463 e. The first-order valence-electron chi connectivity index (χ1n) is 9.21. The minimum absolute atomic E-state index is 0.0445. The first kappa shape index (κ1) is 23.4. The van der Waals surface area contributed by atoms with Crippen LogP contribution in [0, 0.1) is 13.8 Å². The second-order valence-electron chi connectivity index (χ2n) is 6.69. The molecule has 4 rings (SSSR count). The molecule has 8 nitrogen and oxygen atoms in total. The van der Waals surface area contributed by atoms with Crippen LogP contribution in [0.1, 0.15) is 32.2 Å². The van der Waals surface area contributed by atoms with Crippen molar-refractivity contribution in [1.29, 1.82) is 0 Å². The Morgan fingerprint density at radius 3 is 1.81 bits per heavy atom. The van der Waals surface area contributed by atoms with E-state index < -0.39 is 21.0 Å². The van der Waals surface area contributed by atoms with Crippen LogP contribution in [0.2, 0.25) is 0 Å². The number of carbonyl (C=O) groups excluding carboxylic acids is 2. The van der Waals surface area contributed by atoms with E-state index in [1.54, 1.807) is 6.92 Å². The molecule has 0 amide bonds. The van der Waals surface area contributed by atoms with E-state index in [9.17, 15) is 18.0 Å².